The van der Waals surface area contributed by atoms with E-state index in [2.05, 4.69) is 32.6 Å². The van der Waals surface area contributed by atoms with Crippen LogP contribution in [0.2, 0.25) is 0 Å². The molecule has 0 fully saturated rings. The molecular weight excluding hydrogens is 445 g/mol. The average molecular weight is 460 g/mol. The molecule has 5 nitrogen and oxygen atoms in total. The fourth-order valence-corrected chi connectivity index (χ4v) is 3.92. The predicted molar refractivity (Wildman–Crippen MR) is 110 cm³/mol. The van der Waals surface area contributed by atoms with Gasteiger partial charge in [0, 0.05) is 22.5 Å². The normalized spacial score (nSPS) is 16.3. The van der Waals surface area contributed by atoms with Crippen molar-refractivity contribution in [3.8, 4) is 6.07 Å². The van der Waals surface area contributed by atoms with Gasteiger partial charge in [0.25, 0.3) is 0 Å². The van der Waals surface area contributed by atoms with Crippen molar-refractivity contribution < 1.29 is 14.0 Å². The van der Waals surface area contributed by atoms with Gasteiger partial charge in [0.1, 0.15) is 5.82 Å². The van der Waals surface area contributed by atoms with Gasteiger partial charge in [-0.2, -0.15) is 5.26 Å². The van der Waals surface area contributed by atoms with Gasteiger partial charge in [-0.05, 0) is 42.0 Å². The SMILES string of the molecule is N#CC1=C(SCC(=O)Nc2ccc(F)cc2)NC(=O)C[C@@H]1c1ccc(Br)cc1. The van der Waals surface area contributed by atoms with Crippen LogP contribution in [0.1, 0.15) is 17.9 Å². The van der Waals surface area contributed by atoms with E-state index in [1.807, 2.05) is 24.3 Å². The van der Waals surface area contributed by atoms with Crippen LogP contribution in [-0.2, 0) is 9.59 Å². The molecule has 1 aliphatic rings. The summed E-state index contributed by atoms with van der Waals surface area (Å²) in [6.07, 6.45) is 0.177. The zero-order valence-corrected chi connectivity index (χ0v) is 16.9. The Bertz CT molecular complexity index is 968. The standard InChI is InChI=1S/C20H15BrFN3O2S/c21-13-3-1-12(2-4-13)16-9-18(26)25-20(17(16)10-23)28-11-19(27)24-15-7-5-14(22)6-8-15/h1-8,16H,9,11H2,(H,24,27)(H,25,26)/t16-/m1/s1. The van der Waals surface area contributed by atoms with E-state index in [9.17, 15) is 19.2 Å². The number of rotatable bonds is 5. The number of amides is 2. The molecule has 2 N–H and O–H groups in total. The van der Waals surface area contributed by atoms with E-state index in [-0.39, 0.29) is 35.7 Å². The molecule has 0 unspecified atom stereocenters. The van der Waals surface area contributed by atoms with Crippen LogP contribution in [0.3, 0.4) is 0 Å². The number of hydrogen-bond acceptors (Lipinski definition) is 4. The largest absolute Gasteiger partial charge is 0.325 e. The number of benzene rings is 2. The molecule has 2 aromatic carbocycles. The Morgan fingerprint density at radius 1 is 1.25 bits per heavy atom. The van der Waals surface area contributed by atoms with Crippen LogP contribution in [0.4, 0.5) is 10.1 Å². The number of nitrogens with zero attached hydrogens (tertiary/aromatic N) is 1. The van der Waals surface area contributed by atoms with E-state index >= 15 is 0 Å². The molecular formula is C20H15BrFN3O2S. The highest BCUT2D eigenvalue weighted by atomic mass is 79.9. The number of hydrogen-bond donors (Lipinski definition) is 2. The molecule has 0 radical (unpaired) electrons. The molecule has 8 heteroatoms. The van der Waals surface area contributed by atoms with E-state index in [1.165, 1.54) is 24.3 Å². The first-order valence-corrected chi connectivity index (χ1v) is 10.1. The second-order valence-corrected chi connectivity index (χ2v) is 7.96. The smallest absolute Gasteiger partial charge is 0.234 e. The Morgan fingerprint density at radius 3 is 2.57 bits per heavy atom. The van der Waals surface area contributed by atoms with Crippen molar-refractivity contribution in [2.75, 3.05) is 11.1 Å². The molecule has 2 aromatic rings. The highest BCUT2D eigenvalue weighted by molar-refractivity contribution is 9.10. The topological polar surface area (TPSA) is 82.0 Å². The lowest BCUT2D eigenvalue weighted by molar-refractivity contribution is -0.121. The lowest BCUT2D eigenvalue weighted by Crippen LogP contribution is -2.31. The van der Waals surface area contributed by atoms with Crippen molar-refractivity contribution in [1.82, 2.24) is 5.32 Å². The number of nitriles is 1. The maximum atomic E-state index is 12.9. The van der Waals surface area contributed by atoms with Crippen LogP contribution < -0.4 is 10.6 Å². The zero-order chi connectivity index (χ0) is 20.1. The monoisotopic (exact) mass is 459 g/mol. The number of allylic oxidation sites excluding steroid dienone is 1. The third-order valence-electron chi connectivity index (χ3n) is 4.10. The van der Waals surface area contributed by atoms with Crippen molar-refractivity contribution in [3.05, 3.63) is 75.0 Å². The molecule has 1 heterocycles. The molecule has 3 rings (SSSR count). The lowest BCUT2D eigenvalue weighted by Gasteiger charge is -2.25. The van der Waals surface area contributed by atoms with Gasteiger partial charge in [-0.1, -0.05) is 39.8 Å². The highest BCUT2D eigenvalue weighted by Gasteiger charge is 2.29. The molecule has 1 aliphatic heterocycles. The van der Waals surface area contributed by atoms with Crippen LogP contribution in [-0.4, -0.2) is 17.6 Å². The molecule has 0 spiro atoms. The molecule has 142 valence electrons. The van der Waals surface area contributed by atoms with E-state index in [0.29, 0.717) is 16.3 Å². The second-order valence-electron chi connectivity index (χ2n) is 6.05. The van der Waals surface area contributed by atoms with Crippen LogP contribution in [0, 0.1) is 17.1 Å². The summed E-state index contributed by atoms with van der Waals surface area (Å²) in [6.45, 7) is 0. The van der Waals surface area contributed by atoms with Crippen molar-refractivity contribution in [2.45, 2.75) is 12.3 Å². The van der Waals surface area contributed by atoms with Gasteiger partial charge in [0.05, 0.1) is 22.4 Å². The number of carbonyl (C=O) groups excluding carboxylic acids is 2. The lowest BCUT2D eigenvalue weighted by atomic mass is 9.87. The van der Waals surface area contributed by atoms with Gasteiger partial charge in [0.15, 0.2) is 0 Å². The zero-order valence-electron chi connectivity index (χ0n) is 14.5. The summed E-state index contributed by atoms with van der Waals surface area (Å²) < 4.78 is 13.8. The third kappa shape index (κ3) is 5.00. The molecule has 2 amide bonds. The fourth-order valence-electron chi connectivity index (χ4n) is 2.78. The van der Waals surface area contributed by atoms with Crippen molar-refractivity contribution in [3.63, 3.8) is 0 Å². The first-order valence-electron chi connectivity index (χ1n) is 8.34. The van der Waals surface area contributed by atoms with Gasteiger partial charge in [0.2, 0.25) is 11.8 Å². The van der Waals surface area contributed by atoms with Crippen molar-refractivity contribution >= 4 is 45.2 Å². The Morgan fingerprint density at radius 2 is 1.93 bits per heavy atom. The first-order chi connectivity index (χ1) is 13.5. The minimum atomic E-state index is -0.389. The maximum Gasteiger partial charge on any atom is 0.234 e. The molecule has 0 aliphatic carbocycles. The van der Waals surface area contributed by atoms with E-state index in [0.717, 1.165) is 21.8 Å². The molecule has 0 aromatic heterocycles. The van der Waals surface area contributed by atoms with Crippen molar-refractivity contribution in [1.29, 1.82) is 5.26 Å². The molecule has 0 bridgehead atoms. The minimum absolute atomic E-state index is 0.00519. The van der Waals surface area contributed by atoms with Crippen LogP contribution in [0.5, 0.6) is 0 Å². The van der Waals surface area contributed by atoms with Crippen LogP contribution in [0.15, 0.2) is 63.6 Å². The number of anilines is 1. The second kappa shape index (κ2) is 9.04. The molecule has 0 saturated carbocycles. The van der Waals surface area contributed by atoms with Crippen molar-refractivity contribution in [2.24, 2.45) is 0 Å². The van der Waals surface area contributed by atoms with Crippen LogP contribution in [0.25, 0.3) is 0 Å². The summed E-state index contributed by atoms with van der Waals surface area (Å²) in [5, 5.41) is 15.4. The van der Waals surface area contributed by atoms with E-state index in [1.54, 1.807) is 0 Å². The summed E-state index contributed by atoms with van der Waals surface area (Å²) in [5.41, 5.74) is 1.77. The summed E-state index contributed by atoms with van der Waals surface area (Å²) in [4.78, 5) is 24.3. The predicted octanol–water partition coefficient (Wildman–Crippen LogP) is 4.30. The first kappa shape index (κ1) is 20.1. The molecule has 1 atom stereocenters. The summed E-state index contributed by atoms with van der Waals surface area (Å²) in [6, 6.07) is 15.1. The number of nitrogens with one attached hydrogen (secondary N) is 2. The Kier molecular flexibility index (Phi) is 6.49. The Labute approximate surface area is 174 Å². The number of halogens is 2. The van der Waals surface area contributed by atoms with Gasteiger partial charge in [-0.3, -0.25) is 9.59 Å². The van der Waals surface area contributed by atoms with Gasteiger partial charge >= 0.3 is 0 Å². The Hall–Kier alpha value is -2.63. The number of carbonyl (C=O) groups is 2. The quantitative estimate of drug-likeness (QED) is 0.698. The van der Waals surface area contributed by atoms with Crippen LogP contribution >= 0.6 is 27.7 Å². The summed E-state index contributed by atoms with van der Waals surface area (Å²) in [5.74, 6) is -1.25. The fraction of sp³-hybridized carbons (Fsp3) is 0.150. The van der Waals surface area contributed by atoms with Gasteiger partial charge in [-0.25, -0.2) is 4.39 Å². The van der Waals surface area contributed by atoms with E-state index in [4.69, 9.17) is 0 Å². The Balaban J connectivity index is 1.73. The highest BCUT2D eigenvalue weighted by Crippen LogP contribution is 2.36. The van der Waals surface area contributed by atoms with Gasteiger partial charge < -0.3 is 10.6 Å². The molecule has 0 saturated heterocycles. The molecule has 28 heavy (non-hydrogen) atoms. The number of thioether (sulfide) groups is 1. The minimum Gasteiger partial charge on any atom is -0.325 e. The summed E-state index contributed by atoms with van der Waals surface area (Å²) >= 11 is 4.47. The summed E-state index contributed by atoms with van der Waals surface area (Å²) in [7, 11) is 0. The third-order valence-corrected chi connectivity index (χ3v) is 5.65. The maximum absolute atomic E-state index is 12.9. The van der Waals surface area contributed by atoms with Gasteiger partial charge in [-0.15, -0.1) is 0 Å². The van der Waals surface area contributed by atoms with E-state index < -0.39 is 0 Å². The average Bonchev–Trinajstić information content (AvgIpc) is 2.68.